The van der Waals surface area contributed by atoms with E-state index < -0.39 is 0 Å². The fourth-order valence-electron chi connectivity index (χ4n) is 2.12. The Morgan fingerprint density at radius 2 is 2.20 bits per heavy atom. The number of amides is 1. The zero-order chi connectivity index (χ0) is 13.9. The summed E-state index contributed by atoms with van der Waals surface area (Å²) in [5.74, 6) is -0.0357. The molecule has 2 N–H and O–H groups in total. The lowest BCUT2D eigenvalue weighted by atomic mass is 10.1. The largest absolute Gasteiger partial charge is 0.361 e. The highest BCUT2D eigenvalue weighted by Gasteiger charge is 2.09. The second-order valence-corrected chi connectivity index (χ2v) is 5.72. The number of carbonyl (C=O) groups excluding carboxylic acids is 1. The molecule has 2 heterocycles. The van der Waals surface area contributed by atoms with Crippen LogP contribution in [0.2, 0.25) is 0 Å². The van der Waals surface area contributed by atoms with Crippen molar-refractivity contribution in [3.63, 3.8) is 0 Å². The first-order chi connectivity index (χ1) is 9.72. The molecule has 3 rings (SSSR count). The third-order valence-electron chi connectivity index (χ3n) is 3.07. The third kappa shape index (κ3) is 2.70. The van der Waals surface area contributed by atoms with Crippen molar-refractivity contribution >= 4 is 33.3 Å². The number of fused-ring (bicyclic) bond motifs is 1. The number of aromatic nitrogens is 3. The third-order valence-corrected chi connectivity index (χ3v) is 3.82. The van der Waals surface area contributed by atoms with Crippen molar-refractivity contribution < 1.29 is 4.79 Å². The van der Waals surface area contributed by atoms with Crippen LogP contribution in [0.1, 0.15) is 17.0 Å². The van der Waals surface area contributed by atoms with Gasteiger partial charge in [-0.3, -0.25) is 4.79 Å². The number of rotatable bonds is 4. The van der Waals surface area contributed by atoms with Gasteiger partial charge >= 0.3 is 0 Å². The van der Waals surface area contributed by atoms with Crippen LogP contribution >= 0.6 is 11.3 Å². The number of aromatic amines is 1. The number of benzene rings is 1. The predicted molar refractivity (Wildman–Crippen MR) is 79.9 cm³/mol. The second kappa shape index (κ2) is 5.42. The number of nitrogens with one attached hydrogen (secondary N) is 2. The Morgan fingerprint density at radius 1 is 1.35 bits per heavy atom. The lowest BCUT2D eigenvalue weighted by molar-refractivity contribution is -0.116. The summed E-state index contributed by atoms with van der Waals surface area (Å²) in [4.78, 5) is 15.1. The molecule has 1 aromatic carbocycles. The minimum Gasteiger partial charge on any atom is -0.361 e. The van der Waals surface area contributed by atoms with E-state index in [1.54, 1.807) is 0 Å². The molecule has 102 valence electrons. The van der Waals surface area contributed by atoms with Gasteiger partial charge in [0.2, 0.25) is 11.0 Å². The molecule has 2 aromatic heterocycles. The molecular weight excluding hydrogens is 272 g/mol. The Morgan fingerprint density at radius 3 is 3.00 bits per heavy atom. The van der Waals surface area contributed by atoms with Gasteiger partial charge in [0.1, 0.15) is 5.01 Å². The summed E-state index contributed by atoms with van der Waals surface area (Å²) in [6.45, 7) is 1.86. The van der Waals surface area contributed by atoms with E-state index in [-0.39, 0.29) is 5.91 Å². The molecule has 0 bridgehead atoms. The highest BCUT2D eigenvalue weighted by molar-refractivity contribution is 7.15. The van der Waals surface area contributed by atoms with E-state index in [2.05, 4.69) is 26.6 Å². The van der Waals surface area contributed by atoms with Gasteiger partial charge < -0.3 is 10.3 Å². The second-order valence-electron chi connectivity index (χ2n) is 4.53. The monoisotopic (exact) mass is 286 g/mol. The Balaban J connectivity index is 1.63. The summed E-state index contributed by atoms with van der Waals surface area (Å²) in [6.07, 6.45) is 3.10. The van der Waals surface area contributed by atoms with E-state index in [1.165, 1.54) is 16.7 Å². The number of hydrogen-bond donors (Lipinski definition) is 2. The number of carbonyl (C=O) groups is 1. The molecule has 0 aliphatic heterocycles. The Hall–Kier alpha value is -2.21. The van der Waals surface area contributed by atoms with E-state index in [9.17, 15) is 4.79 Å². The minimum atomic E-state index is -0.0357. The molecule has 20 heavy (non-hydrogen) atoms. The maximum Gasteiger partial charge on any atom is 0.226 e. The zero-order valence-corrected chi connectivity index (χ0v) is 11.8. The van der Waals surface area contributed by atoms with Crippen LogP contribution in [0.25, 0.3) is 10.9 Å². The van der Waals surface area contributed by atoms with Crippen molar-refractivity contribution in [2.75, 3.05) is 5.32 Å². The van der Waals surface area contributed by atoms with E-state index in [0.717, 1.165) is 16.1 Å². The first kappa shape index (κ1) is 12.8. The molecule has 0 atom stereocenters. The van der Waals surface area contributed by atoms with Gasteiger partial charge in [-0.05, 0) is 25.0 Å². The first-order valence-corrected chi connectivity index (χ1v) is 7.19. The van der Waals surface area contributed by atoms with Crippen LogP contribution in [0.3, 0.4) is 0 Å². The predicted octanol–water partition coefficient (Wildman–Crippen LogP) is 2.90. The van der Waals surface area contributed by atoms with Crippen molar-refractivity contribution in [3.8, 4) is 0 Å². The van der Waals surface area contributed by atoms with Crippen LogP contribution in [0.15, 0.2) is 30.5 Å². The van der Waals surface area contributed by atoms with Crippen LogP contribution in [0.5, 0.6) is 0 Å². The Labute approximate surface area is 120 Å². The molecule has 6 heteroatoms. The highest BCUT2D eigenvalue weighted by atomic mass is 32.1. The van der Waals surface area contributed by atoms with Gasteiger partial charge in [-0.1, -0.05) is 29.5 Å². The van der Waals surface area contributed by atoms with E-state index in [4.69, 9.17) is 0 Å². The minimum absolute atomic E-state index is 0.0357. The number of hydrogen-bond acceptors (Lipinski definition) is 4. The van der Waals surface area contributed by atoms with E-state index in [1.807, 2.05) is 31.3 Å². The highest BCUT2D eigenvalue weighted by Crippen LogP contribution is 2.19. The summed E-state index contributed by atoms with van der Waals surface area (Å²) in [6, 6.07) is 8.09. The maximum absolute atomic E-state index is 11.9. The normalized spacial score (nSPS) is 10.8. The van der Waals surface area contributed by atoms with Gasteiger partial charge in [-0.15, -0.1) is 10.2 Å². The Bertz CT molecular complexity index is 746. The Kier molecular flexibility index (Phi) is 3.47. The fraction of sp³-hybridized carbons (Fsp3) is 0.214. The quantitative estimate of drug-likeness (QED) is 0.774. The molecule has 0 unspecified atom stereocenters. The lowest BCUT2D eigenvalue weighted by Crippen LogP contribution is -2.12. The average molecular weight is 286 g/mol. The smallest absolute Gasteiger partial charge is 0.226 e. The molecule has 0 aliphatic carbocycles. The van der Waals surface area contributed by atoms with Crippen LogP contribution in [0.4, 0.5) is 5.13 Å². The van der Waals surface area contributed by atoms with E-state index in [0.29, 0.717) is 18.0 Å². The molecular formula is C14H14N4OS. The molecule has 0 fully saturated rings. The number of nitrogens with zero attached hydrogens (tertiary/aromatic N) is 2. The van der Waals surface area contributed by atoms with Gasteiger partial charge in [0, 0.05) is 23.5 Å². The van der Waals surface area contributed by atoms with Crippen LogP contribution in [-0.2, 0) is 11.2 Å². The number of H-pyrrole nitrogens is 1. The van der Waals surface area contributed by atoms with Crippen LogP contribution < -0.4 is 5.32 Å². The topological polar surface area (TPSA) is 70.7 Å². The number of para-hydroxylation sites is 1. The zero-order valence-electron chi connectivity index (χ0n) is 11.0. The van der Waals surface area contributed by atoms with Crippen molar-refractivity contribution in [2.24, 2.45) is 0 Å². The average Bonchev–Trinajstić information content (AvgIpc) is 3.03. The summed E-state index contributed by atoms with van der Waals surface area (Å²) in [5, 5.41) is 13.1. The molecule has 0 saturated carbocycles. The number of anilines is 1. The molecule has 0 spiro atoms. The summed E-state index contributed by atoms with van der Waals surface area (Å²) < 4.78 is 0. The number of aryl methyl sites for hydroxylation is 2. The van der Waals surface area contributed by atoms with Crippen LogP contribution in [-0.4, -0.2) is 21.1 Å². The molecule has 5 nitrogen and oxygen atoms in total. The summed E-state index contributed by atoms with van der Waals surface area (Å²) in [5.41, 5.74) is 2.26. The van der Waals surface area contributed by atoms with Gasteiger partial charge in [0.15, 0.2) is 0 Å². The lowest BCUT2D eigenvalue weighted by Gasteiger charge is -2.00. The SMILES string of the molecule is Cc1nnc(NC(=O)CCc2c[nH]c3ccccc23)s1. The van der Waals surface area contributed by atoms with Gasteiger partial charge in [-0.2, -0.15) is 0 Å². The summed E-state index contributed by atoms with van der Waals surface area (Å²) >= 11 is 1.38. The van der Waals surface area contributed by atoms with Crippen LogP contribution in [0, 0.1) is 6.92 Å². The van der Waals surface area contributed by atoms with Gasteiger partial charge in [0.05, 0.1) is 0 Å². The maximum atomic E-state index is 11.9. The van der Waals surface area contributed by atoms with Crippen molar-refractivity contribution in [3.05, 3.63) is 41.0 Å². The molecule has 1 amide bonds. The standard InChI is InChI=1S/C14H14N4OS/c1-9-17-18-14(20-9)16-13(19)7-6-10-8-15-12-5-3-2-4-11(10)12/h2-5,8,15H,6-7H2,1H3,(H,16,18,19). The van der Waals surface area contributed by atoms with Crippen molar-refractivity contribution in [2.45, 2.75) is 19.8 Å². The first-order valence-electron chi connectivity index (χ1n) is 6.37. The van der Waals surface area contributed by atoms with E-state index >= 15 is 0 Å². The van der Waals surface area contributed by atoms with Crippen molar-refractivity contribution in [1.29, 1.82) is 0 Å². The molecule has 0 aliphatic rings. The molecule has 0 radical (unpaired) electrons. The summed E-state index contributed by atoms with van der Waals surface area (Å²) in [7, 11) is 0. The van der Waals surface area contributed by atoms with Gasteiger partial charge in [-0.25, -0.2) is 0 Å². The van der Waals surface area contributed by atoms with Crippen molar-refractivity contribution in [1.82, 2.24) is 15.2 Å². The molecule has 3 aromatic rings. The fourth-order valence-corrected chi connectivity index (χ4v) is 2.72. The van der Waals surface area contributed by atoms with Gasteiger partial charge in [0.25, 0.3) is 0 Å². The molecule has 0 saturated heterocycles.